The van der Waals surface area contributed by atoms with Gasteiger partial charge in [-0.3, -0.25) is 9.59 Å². The molecule has 0 bridgehead atoms. The van der Waals surface area contributed by atoms with Gasteiger partial charge in [-0.1, -0.05) is 54.8 Å². The third-order valence-corrected chi connectivity index (χ3v) is 6.27. The van der Waals surface area contributed by atoms with Crippen LogP contribution in [0, 0.1) is 0 Å². The molecule has 1 heterocycles. The lowest BCUT2D eigenvalue weighted by Crippen LogP contribution is -2.40. The van der Waals surface area contributed by atoms with Crippen molar-refractivity contribution in [3.05, 3.63) is 83.2 Å². The molecule has 7 heteroatoms. The average molecular weight is 462 g/mol. The number of carbonyl (C=O) groups is 2. The largest absolute Gasteiger partial charge is 0.497 e. The molecule has 0 aliphatic heterocycles. The van der Waals surface area contributed by atoms with E-state index in [1.807, 2.05) is 59.5 Å². The number of ether oxygens (including phenoxy) is 1. The normalized spacial score (nSPS) is 13.9. The Morgan fingerprint density at radius 2 is 1.79 bits per heavy atom. The fourth-order valence-electron chi connectivity index (χ4n) is 4.37. The maximum absolute atomic E-state index is 13.3. The Hall–Kier alpha value is -3.61. The molecule has 0 saturated heterocycles. The van der Waals surface area contributed by atoms with Gasteiger partial charge < -0.3 is 19.5 Å². The number of aromatic nitrogens is 1. The lowest BCUT2D eigenvalue weighted by molar-refractivity contribution is 0.0590. The summed E-state index contributed by atoms with van der Waals surface area (Å²) in [4.78, 5) is 27.7. The maximum Gasteiger partial charge on any atom is 0.273 e. The van der Waals surface area contributed by atoms with Crippen molar-refractivity contribution in [1.82, 2.24) is 15.4 Å². The molecule has 2 amide bonds. The smallest absolute Gasteiger partial charge is 0.273 e. The second kappa shape index (κ2) is 11.5. The minimum absolute atomic E-state index is 0.0191. The molecular weight excluding hydrogens is 430 g/mol. The number of benzene rings is 2. The van der Waals surface area contributed by atoms with Gasteiger partial charge in [0.15, 0.2) is 11.5 Å². The number of nitrogens with zero attached hydrogens (tertiary/aromatic N) is 2. The van der Waals surface area contributed by atoms with E-state index in [1.165, 1.54) is 6.42 Å². The Labute approximate surface area is 200 Å². The monoisotopic (exact) mass is 461 g/mol. The Morgan fingerprint density at radius 3 is 2.50 bits per heavy atom. The molecule has 1 aromatic heterocycles. The Bertz CT molecular complexity index is 1070. The van der Waals surface area contributed by atoms with Crippen molar-refractivity contribution in [2.45, 2.75) is 51.1 Å². The second-order valence-corrected chi connectivity index (χ2v) is 8.62. The second-order valence-electron chi connectivity index (χ2n) is 8.62. The van der Waals surface area contributed by atoms with Gasteiger partial charge in [0.25, 0.3) is 11.8 Å². The fourth-order valence-corrected chi connectivity index (χ4v) is 4.37. The summed E-state index contributed by atoms with van der Waals surface area (Å²) in [6.07, 6.45) is 6.08. The van der Waals surface area contributed by atoms with Crippen LogP contribution >= 0.6 is 0 Å². The molecule has 0 spiro atoms. The number of hydrogen-bond donors (Lipinski definition) is 1. The molecule has 0 radical (unpaired) electrons. The van der Waals surface area contributed by atoms with Crippen molar-refractivity contribution >= 4 is 11.8 Å². The minimum Gasteiger partial charge on any atom is -0.497 e. The number of rotatable bonds is 9. The molecule has 1 aliphatic rings. The lowest BCUT2D eigenvalue weighted by Gasteiger charge is -2.33. The molecule has 178 valence electrons. The summed E-state index contributed by atoms with van der Waals surface area (Å²) in [7, 11) is 1.63. The van der Waals surface area contributed by atoms with Crippen molar-refractivity contribution in [3.8, 4) is 5.75 Å². The van der Waals surface area contributed by atoms with Gasteiger partial charge in [-0.2, -0.15) is 0 Å². The zero-order valence-electron chi connectivity index (χ0n) is 19.5. The predicted octanol–water partition coefficient (Wildman–Crippen LogP) is 4.63. The SMILES string of the molecule is COc1ccc(CCNC(=O)c2cc(CN(C(=O)c3ccccc3)C3CCCCC3)on2)cc1. The number of hydrogen-bond acceptors (Lipinski definition) is 5. The molecule has 0 unspecified atom stereocenters. The highest BCUT2D eigenvalue weighted by Crippen LogP contribution is 2.26. The van der Waals surface area contributed by atoms with Crippen LogP contribution in [0.3, 0.4) is 0 Å². The van der Waals surface area contributed by atoms with E-state index in [0.29, 0.717) is 30.8 Å². The predicted molar refractivity (Wildman–Crippen MR) is 129 cm³/mol. The van der Waals surface area contributed by atoms with Crippen LogP contribution in [0.5, 0.6) is 5.75 Å². The number of nitrogens with one attached hydrogen (secondary N) is 1. The van der Waals surface area contributed by atoms with Crippen LogP contribution in [0.25, 0.3) is 0 Å². The summed E-state index contributed by atoms with van der Waals surface area (Å²) in [5, 5.41) is 6.83. The molecule has 2 aromatic carbocycles. The van der Waals surface area contributed by atoms with Crippen molar-refractivity contribution in [2.24, 2.45) is 0 Å². The minimum atomic E-state index is -0.290. The average Bonchev–Trinajstić information content (AvgIpc) is 3.37. The Morgan fingerprint density at radius 1 is 1.06 bits per heavy atom. The first-order valence-corrected chi connectivity index (χ1v) is 11.9. The standard InChI is InChI=1S/C27H31N3O4/c1-33-23-14-12-20(13-15-23)16-17-28-26(31)25-18-24(34-29-25)19-30(22-10-6-3-7-11-22)27(32)21-8-4-2-5-9-21/h2,4-5,8-9,12-15,18,22H,3,6-7,10-11,16-17,19H2,1H3,(H,28,31). The topological polar surface area (TPSA) is 84.7 Å². The zero-order chi connectivity index (χ0) is 23.8. The van der Waals surface area contributed by atoms with Crippen LogP contribution in [0.4, 0.5) is 0 Å². The summed E-state index contributed by atoms with van der Waals surface area (Å²) < 4.78 is 10.6. The van der Waals surface area contributed by atoms with E-state index >= 15 is 0 Å². The van der Waals surface area contributed by atoms with E-state index in [9.17, 15) is 9.59 Å². The fraction of sp³-hybridized carbons (Fsp3) is 0.370. The summed E-state index contributed by atoms with van der Waals surface area (Å²) >= 11 is 0. The lowest BCUT2D eigenvalue weighted by atomic mass is 9.93. The van der Waals surface area contributed by atoms with Crippen molar-refractivity contribution in [2.75, 3.05) is 13.7 Å². The Kier molecular flexibility index (Phi) is 7.96. The molecule has 34 heavy (non-hydrogen) atoms. The molecular formula is C27H31N3O4. The highest BCUT2D eigenvalue weighted by Gasteiger charge is 2.28. The maximum atomic E-state index is 13.3. The van der Waals surface area contributed by atoms with Crippen LogP contribution in [0.2, 0.25) is 0 Å². The summed E-state index contributed by atoms with van der Waals surface area (Å²) in [5.74, 6) is 1.00. The van der Waals surface area contributed by atoms with Gasteiger partial charge in [-0.05, 0) is 49.1 Å². The van der Waals surface area contributed by atoms with Crippen LogP contribution in [0.1, 0.15) is 64.3 Å². The van der Waals surface area contributed by atoms with Gasteiger partial charge in [0.2, 0.25) is 0 Å². The van der Waals surface area contributed by atoms with Crippen molar-refractivity contribution < 1.29 is 18.8 Å². The van der Waals surface area contributed by atoms with E-state index in [0.717, 1.165) is 37.0 Å². The molecule has 3 aromatic rings. The third kappa shape index (κ3) is 6.04. The zero-order valence-corrected chi connectivity index (χ0v) is 19.5. The number of methoxy groups -OCH3 is 1. The third-order valence-electron chi connectivity index (χ3n) is 6.27. The first-order valence-electron chi connectivity index (χ1n) is 11.9. The molecule has 1 aliphatic carbocycles. The van der Waals surface area contributed by atoms with Gasteiger partial charge in [-0.25, -0.2) is 0 Å². The van der Waals surface area contributed by atoms with Gasteiger partial charge in [0.1, 0.15) is 5.75 Å². The molecule has 0 atom stereocenters. The molecule has 4 rings (SSSR count). The summed E-state index contributed by atoms with van der Waals surface area (Å²) in [6.45, 7) is 0.776. The molecule has 1 fully saturated rings. The first-order chi connectivity index (χ1) is 16.6. The molecule has 1 saturated carbocycles. The Balaban J connectivity index is 1.37. The van der Waals surface area contributed by atoms with E-state index < -0.39 is 0 Å². The van der Waals surface area contributed by atoms with Gasteiger partial charge in [-0.15, -0.1) is 0 Å². The van der Waals surface area contributed by atoms with Crippen LogP contribution < -0.4 is 10.1 Å². The highest BCUT2D eigenvalue weighted by atomic mass is 16.5. The van der Waals surface area contributed by atoms with Crippen molar-refractivity contribution in [1.29, 1.82) is 0 Å². The van der Waals surface area contributed by atoms with E-state index in [1.54, 1.807) is 13.2 Å². The van der Waals surface area contributed by atoms with Gasteiger partial charge in [0, 0.05) is 24.2 Å². The number of amides is 2. The van der Waals surface area contributed by atoms with Crippen LogP contribution in [-0.4, -0.2) is 41.6 Å². The van der Waals surface area contributed by atoms with Crippen LogP contribution in [-0.2, 0) is 13.0 Å². The number of carbonyl (C=O) groups excluding carboxylic acids is 2. The van der Waals surface area contributed by atoms with Gasteiger partial charge in [0.05, 0.1) is 13.7 Å². The highest BCUT2D eigenvalue weighted by molar-refractivity contribution is 5.94. The quantitative estimate of drug-likeness (QED) is 0.502. The molecule has 1 N–H and O–H groups in total. The summed E-state index contributed by atoms with van der Waals surface area (Å²) in [5.41, 5.74) is 1.98. The van der Waals surface area contributed by atoms with E-state index in [-0.39, 0.29) is 23.6 Å². The van der Waals surface area contributed by atoms with E-state index in [2.05, 4.69) is 10.5 Å². The van der Waals surface area contributed by atoms with Crippen LogP contribution in [0.15, 0.2) is 65.2 Å². The molecule has 7 nitrogen and oxygen atoms in total. The van der Waals surface area contributed by atoms with E-state index in [4.69, 9.17) is 9.26 Å². The first kappa shape index (κ1) is 23.5. The van der Waals surface area contributed by atoms with Crippen molar-refractivity contribution in [3.63, 3.8) is 0 Å². The van der Waals surface area contributed by atoms with Gasteiger partial charge >= 0.3 is 0 Å². The summed E-state index contributed by atoms with van der Waals surface area (Å²) in [6, 6.07) is 18.9.